The lowest BCUT2D eigenvalue weighted by Crippen LogP contribution is -1.94. The summed E-state index contributed by atoms with van der Waals surface area (Å²) in [5, 5.41) is 19.6. The van der Waals surface area contributed by atoms with Crippen molar-refractivity contribution in [1.29, 1.82) is 0 Å². The van der Waals surface area contributed by atoms with E-state index in [1.807, 2.05) is 0 Å². The van der Waals surface area contributed by atoms with E-state index in [1.165, 1.54) is 30.5 Å². The first-order valence-corrected chi connectivity index (χ1v) is 6.16. The average molecular weight is 305 g/mol. The van der Waals surface area contributed by atoms with Crippen molar-refractivity contribution in [1.82, 2.24) is 0 Å². The molecule has 0 heterocycles. The van der Waals surface area contributed by atoms with E-state index in [9.17, 15) is 14.9 Å². The second kappa shape index (κ2) is 6.15. The third-order valence-electron chi connectivity index (χ3n) is 2.64. The summed E-state index contributed by atoms with van der Waals surface area (Å²) in [5.41, 5.74) is 1.03. The van der Waals surface area contributed by atoms with Crippen molar-refractivity contribution >= 4 is 35.2 Å². The number of halogens is 1. The second-order valence-electron chi connectivity index (χ2n) is 4.08. The van der Waals surface area contributed by atoms with Crippen molar-refractivity contribution in [2.75, 3.05) is 0 Å². The minimum absolute atomic E-state index is 0.0583. The molecule has 0 spiro atoms. The molecule has 0 atom stereocenters. The first kappa shape index (κ1) is 14.7. The number of rotatable bonds is 4. The molecule has 0 saturated heterocycles. The van der Waals surface area contributed by atoms with Gasteiger partial charge in [-0.15, -0.1) is 0 Å². The Balaban J connectivity index is 2.23. The van der Waals surface area contributed by atoms with Crippen LogP contribution in [0.1, 0.15) is 15.9 Å². The van der Waals surface area contributed by atoms with Crippen molar-refractivity contribution in [3.63, 3.8) is 0 Å². The van der Waals surface area contributed by atoms with Crippen LogP contribution in [0.3, 0.4) is 0 Å². The van der Waals surface area contributed by atoms with Gasteiger partial charge in [0.25, 0.3) is 5.69 Å². The molecule has 0 aliphatic heterocycles. The molecule has 7 heteroatoms. The number of aromatic carboxylic acids is 1. The Morgan fingerprint density at radius 2 is 1.90 bits per heavy atom. The lowest BCUT2D eigenvalue weighted by atomic mass is 10.2. The maximum atomic E-state index is 10.8. The number of carboxylic acid groups (broad SMARTS) is 1. The summed E-state index contributed by atoms with van der Waals surface area (Å²) >= 11 is 5.71. The number of nitro groups is 1. The maximum Gasteiger partial charge on any atom is 0.335 e. The van der Waals surface area contributed by atoms with E-state index in [1.54, 1.807) is 18.2 Å². The fourth-order valence-corrected chi connectivity index (χ4v) is 1.78. The molecule has 0 unspecified atom stereocenters. The molecule has 0 fully saturated rings. The van der Waals surface area contributed by atoms with E-state index in [4.69, 9.17) is 16.7 Å². The third-order valence-corrected chi connectivity index (χ3v) is 2.96. The summed E-state index contributed by atoms with van der Waals surface area (Å²) in [4.78, 5) is 25.0. The molecular formula is C14H9ClN2O4. The average Bonchev–Trinajstić information content (AvgIpc) is 2.46. The largest absolute Gasteiger partial charge is 0.478 e. The molecule has 0 aliphatic carbocycles. The molecule has 2 aromatic rings. The zero-order valence-electron chi connectivity index (χ0n) is 10.6. The highest BCUT2D eigenvalue weighted by Crippen LogP contribution is 2.24. The Labute approximate surface area is 124 Å². The molecule has 21 heavy (non-hydrogen) atoms. The van der Waals surface area contributed by atoms with Gasteiger partial charge in [0.1, 0.15) is 5.02 Å². The molecule has 2 aromatic carbocycles. The molecule has 2 rings (SSSR count). The van der Waals surface area contributed by atoms with Crippen molar-refractivity contribution < 1.29 is 14.8 Å². The number of carbonyl (C=O) groups is 1. The Bertz CT molecular complexity index is 726. The van der Waals surface area contributed by atoms with Crippen LogP contribution in [0.5, 0.6) is 0 Å². The fourth-order valence-electron chi connectivity index (χ4n) is 1.59. The minimum Gasteiger partial charge on any atom is -0.478 e. The van der Waals surface area contributed by atoms with Gasteiger partial charge >= 0.3 is 5.97 Å². The van der Waals surface area contributed by atoms with Gasteiger partial charge in [-0.1, -0.05) is 17.7 Å². The van der Waals surface area contributed by atoms with Crippen molar-refractivity contribution in [2.24, 2.45) is 4.99 Å². The van der Waals surface area contributed by atoms with E-state index in [-0.39, 0.29) is 16.3 Å². The first-order chi connectivity index (χ1) is 9.97. The standard InChI is InChI=1S/C14H9ClN2O4/c15-12-6-1-9(7-13(12)17(20)21)8-16-11-4-2-10(3-5-11)14(18)19/h1-8H,(H,18,19). The molecule has 0 bridgehead atoms. The highest BCUT2D eigenvalue weighted by atomic mass is 35.5. The van der Waals surface area contributed by atoms with Crippen molar-refractivity contribution in [2.45, 2.75) is 0 Å². The monoisotopic (exact) mass is 304 g/mol. The molecule has 0 radical (unpaired) electrons. The number of carboxylic acids is 1. The van der Waals surface area contributed by atoms with Gasteiger partial charge in [-0.2, -0.15) is 0 Å². The van der Waals surface area contributed by atoms with Gasteiger partial charge in [0.15, 0.2) is 0 Å². The summed E-state index contributed by atoms with van der Waals surface area (Å²) < 4.78 is 0. The number of hydrogen-bond donors (Lipinski definition) is 1. The van der Waals surface area contributed by atoms with Crippen LogP contribution >= 0.6 is 11.6 Å². The number of nitrogens with zero attached hydrogens (tertiary/aromatic N) is 2. The van der Waals surface area contributed by atoms with E-state index >= 15 is 0 Å². The zero-order valence-corrected chi connectivity index (χ0v) is 11.3. The summed E-state index contributed by atoms with van der Waals surface area (Å²) in [6.45, 7) is 0. The van der Waals surface area contributed by atoms with Gasteiger partial charge in [0.05, 0.1) is 16.2 Å². The zero-order chi connectivity index (χ0) is 15.4. The van der Waals surface area contributed by atoms with Gasteiger partial charge in [0.2, 0.25) is 0 Å². The molecule has 6 nitrogen and oxygen atoms in total. The maximum absolute atomic E-state index is 10.8. The lowest BCUT2D eigenvalue weighted by Gasteiger charge is -1.98. The minimum atomic E-state index is -1.01. The second-order valence-corrected chi connectivity index (χ2v) is 4.49. The predicted octanol–water partition coefficient (Wildman–Crippen LogP) is 3.70. The van der Waals surface area contributed by atoms with Gasteiger partial charge in [-0.25, -0.2) is 4.79 Å². The Morgan fingerprint density at radius 3 is 2.48 bits per heavy atom. The number of aliphatic imine (C=N–C) groups is 1. The van der Waals surface area contributed by atoms with Gasteiger partial charge in [0, 0.05) is 12.3 Å². The molecular weight excluding hydrogens is 296 g/mol. The SMILES string of the molecule is O=C(O)c1ccc(N=Cc2ccc(Cl)c([N+](=O)[O-])c2)cc1. The van der Waals surface area contributed by atoms with E-state index in [0.29, 0.717) is 11.3 Å². The van der Waals surface area contributed by atoms with Crippen LogP contribution in [0.2, 0.25) is 5.02 Å². The number of nitro benzene ring substituents is 1. The summed E-state index contributed by atoms with van der Waals surface area (Å²) in [6.07, 6.45) is 1.44. The number of hydrogen-bond acceptors (Lipinski definition) is 4. The van der Waals surface area contributed by atoms with Gasteiger partial charge < -0.3 is 5.11 Å². The van der Waals surface area contributed by atoms with Gasteiger partial charge in [-0.3, -0.25) is 15.1 Å². The van der Waals surface area contributed by atoms with Crippen LogP contribution < -0.4 is 0 Å². The quantitative estimate of drug-likeness (QED) is 0.529. The summed E-state index contributed by atoms with van der Waals surface area (Å²) in [6, 6.07) is 10.3. The molecule has 0 aliphatic rings. The Hall–Kier alpha value is -2.73. The van der Waals surface area contributed by atoms with Crippen molar-refractivity contribution in [3.8, 4) is 0 Å². The normalized spacial score (nSPS) is 10.7. The van der Waals surface area contributed by atoms with Crippen LogP contribution in [0.15, 0.2) is 47.5 Å². The van der Waals surface area contributed by atoms with Crippen molar-refractivity contribution in [3.05, 3.63) is 68.7 Å². The summed E-state index contributed by atoms with van der Waals surface area (Å²) in [5.74, 6) is -1.01. The molecule has 0 saturated carbocycles. The highest BCUT2D eigenvalue weighted by molar-refractivity contribution is 6.32. The topological polar surface area (TPSA) is 92.8 Å². The van der Waals surface area contributed by atoms with Crippen LogP contribution in [-0.4, -0.2) is 22.2 Å². The van der Waals surface area contributed by atoms with Crippen LogP contribution in [0.4, 0.5) is 11.4 Å². The Morgan fingerprint density at radius 1 is 1.24 bits per heavy atom. The van der Waals surface area contributed by atoms with Crippen LogP contribution in [0.25, 0.3) is 0 Å². The molecule has 0 amide bonds. The fraction of sp³-hybridized carbons (Fsp3) is 0. The van der Waals surface area contributed by atoms with E-state index < -0.39 is 10.9 Å². The Kier molecular flexibility index (Phi) is 4.30. The van der Waals surface area contributed by atoms with E-state index in [2.05, 4.69) is 4.99 Å². The van der Waals surface area contributed by atoms with E-state index in [0.717, 1.165) is 0 Å². The van der Waals surface area contributed by atoms with Gasteiger partial charge in [-0.05, 0) is 35.9 Å². The predicted molar refractivity (Wildman–Crippen MR) is 78.8 cm³/mol. The smallest absolute Gasteiger partial charge is 0.335 e. The number of benzene rings is 2. The van der Waals surface area contributed by atoms with Crippen LogP contribution in [0, 0.1) is 10.1 Å². The molecule has 1 N–H and O–H groups in total. The third kappa shape index (κ3) is 3.64. The molecule has 106 valence electrons. The first-order valence-electron chi connectivity index (χ1n) is 5.79. The van der Waals surface area contributed by atoms with Crippen LogP contribution in [-0.2, 0) is 0 Å². The molecule has 0 aromatic heterocycles. The summed E-state index contributed by atoms with van der Waals surface area (Å²) in [7, 11) is 0. The highest BCUT2D eigenvalue weighted by Gasteiger charge is 2.11. The lowest BCUT2D eigenvalue weighted by molar-refractivity contribution is -0.384.